The summed E-state index contributed by atoms with van der Waals surface area (Å²) in [5.74, 6) is 3.02. The molecular formula is C23H20BrClN6O2. The molecule has 0 atom stereocenters. The van der Waals surface area contributed by atoms with Gasteiger partial charge in [-0.3, -0.25) is 4.90 Å². The van der Waals surface area contributed by atoms with E-state index in [2.05, 4.69) is 47.2 Å². The number of nitriles is 1. The zero-order valence-electron chi connectivity index (χ0n) is 17.8. The molecule has 1 fully saturated rings. The summed E-state index contributed by atoms with van der Waals surface area (Å²) < 4.78 is 12.0. The molecular weight excluding hydrogens is 508 g/mol. The highest BCUT2D eigenvalue weighted by atomic mass is 79.9. The summed E-state index contributed by atoms with van der Waals surface area (Å²) in [6, 6.07) is 7.69. The van der Waals surface area contributed by atoms with E-state index >= 15 is 0 Å². The molecule has 1 saturated heterocycles. The molecule has 4 heterocycles. The lowest BCUT2D eigenvalue weighted by atomic mass is 10.0. The van der Waals surface area contributed by atoms with Crippen LogP contribution >= 0.6 is 27.5 Å². The van der Waals surface area contributed by atoms with Crippen molar-refractivity contribution in [2.24, 2.45) is 0 Å². The van der Waals surface area contributed by atoms with Crippen molar-refractivity contribution < 1.29 is 9.47 Å². The van der Waals surface area contributed by atoms with Crippen molar-refractivity contribution in [3.05, 3.63) is 56.8 Å². The Morgan fingerprint density at radius 1 is 1.33 bits per heavy atom. The van der Waals surface area contributed by atoms with E-state index in [9.17, 15) is 0 Å². The number of aryl methyl sites for hydroxylation is 1. The van der Waals surface area contributed by atoms with Crippen molar-refractivity contribution in [2.45, 2.75) is 32.4 Å². The summed E-state index contributed by atoms with van der Waals surface area (Å²) >= 11 is 9.77. The van der Waals surface area contributed by atoms with Gasteiger partial charge in [-0.25, -0.2) is 9.97 Å². The van der Waals surface area contributed by atoms with Gasteiger partial charge in [0.1, 0.15) is 0 Å². The Kier molecular flexibility index (Phi) is 6.06. The van der Waals surface area contributed by atoms with Gasteiger partial charge in [0.2, 0.25) is 11.8 Å². The van der Waals surface area contributed by atoms with Crippen LogP contribution in [0.2, 0.25) is 5.02 Å². The molecule has 0 bridgehead atoms. The Labute approximate surface area is 204 Å². The fourth-order valence-electron chi connectivity index (χ4n) is 3.93. The average Bonchev–Trinajstić information content (AvgIpc) is 3.60. The number of rotatable bonds is 6. The van der Waals surface area contributed by atoms with Gasteiger partial charge in [-0.1, -0.05) is 11.6 Å². The standard InChI is InChI=1S/C23H20BrClN6O2/c1-13-8-14(10-26)9-18(25)19(13)32-21-17(24)11-28-23(30-21)29-16-3-6-31(7-4-16)12-15-2-5-27-22-20(15)33-22/h2,5,8-9,11,16H,3-4,6-7,12H2,1H3,(H,28,29,30). The van der Waals surface area contributed by atoms with Crippen molar-refractivity contribution in [3.63, 3.8) is 0 Å². The monoisotopic (exact) mass is 526 g/mol. The zero-order chi connectivity index (χ0) is 22.9. The summed E-state index contributed by atoms with van der Waals surface area (Å²) in [6.07, 6.45) is 5.41. The molecule has 8 nitrogen and oxygen atoms in total. The Morgan fingerprint density at radius 3 is 2.91 bits per heavy atom. The molecule has 0 spiro atoms. The maximum atomic E-state index is 9.11. The zero-order valence-corrected chi connectivity index (χ0v) is 20.2. The van der Waals surface area contributed by atoms with Crippen LogP contribution in [0.15, 0.2) is 35.1 Å². The lowest BCUT2D eigenvalue weighted by Gasteiger charge is -2.32. The first kappa shape index (κ1) is 21.9. The van der Waals surface area contributed by atoms with E-state index in [0.717, 1.165) is 49.7 Å². The molecule has 0 saturated carbocycles. The van der Waals surface area contributed by atoms with Crippen LogP contribution in [0.1, 0.15) is 29.5 Å². The maximum Gasteiger partial charge on any atom is 0.263 e. The second-order valence-corrected chi connectivity index (χ2v) is 9.33. The third-order valence-electron chi connectivity index (χ3n) is 5.69. The number of benzene rings is 1. The molecule has 2 aromatic heterocycles. The average molecular weight is 528 g/mol. The van der Waals surface area contributed by atoms with Crippen LogP contribution in [-0.4, -0.2) is 39.0 Å². The highest BCUT2D eigenvalue weighted by Crippen LogP contribution is 2.46. The Morgan fingerprint density at radius 2 is 2.15 bits per heavy atom. The highest BCUT2D eigenvalue weighted by Gasteiger charge is 2.28. The fraction of sp³-hybridized carbons (Fsp3) is 0.304. The molecule has 33 heavy (non-hydrogen) atoms. The normalized spacial score (nSPS) is 15.3. The topological polar surface area (TPSA) is 99.5 Å². The van der Waals surface area contributed by atoms with E-state index in [1.165, 1.54) is 5.56 Å². The van der Waals surface area contributed by atoms with Gasteiger partial charge in [0.15, 0.2) is 11.5 Å². The van der Waals surface area contributed by atoms with Crippen LogP contribution in [0.3, 0.4) is 0 Å². The Balaban J connectivity index is 1.21. The SMILES string of the molecule is Cc1cc(C#N)cc(Cl)c1Oc1nc(NC2CCN(Cc3ccnc4c3O4)CC2)ncc1Br. The molecule has 0 radical (unpaired) electrons. The molecule has 168 valence electrons. The third-order valence-corrected chi connectivity index (χ3v) is 6.52. The van der Waals surface area contributed by atoms with E-state index in [1.807, 2.05) is 13.0 Å². The van der Waals surface area contributed by atoms with E-state index in [1.54, 1.807) is 24.5 Å². The molecule has 0 aliphatic carbocycles. The van der Waals surface area contributed by atoms with Crippen LogP contribution in [0.25, 0.3) is 0 Å². The second-order valence-electron chi connectivity index (χ2n) is 8.07. The van der Waals surface area contributed by atoms with E-state index < -0.39 is 0 Å². The molecule has 0 unspecified atom stereocenters. The minimum absolute atomic E-state index is 0.268. The number of aromatic nitrogens is 3. The molecule has 1 aromatic carbocycles. The predicted molar refractivity (Wildman–Crippen MR) is 127 cm³/mol. The first-order chi connectivity index (χ1) is 16.0. The number of hydrogen-bond acceptors (Lipinski definition) is 8. The van der Waals surface area contributed by atoms with Gasteiger partial charge >= 0.3 is 0 Å². The molecule has 0 amide bonds. The smallest absolute Gasteiger partial charge is 0.263 e. The molecule has 10 heteroatoms. The number of halogens is 2. The number of likely N-dealkylation sites (tertiary alicyclic amines) is 1. The van der Waals surface area contributed by atoms with Gasteiger partial charge < -0.3 is 14.8 Å². The van der Waals surface area contributed by atoms with Crippen molar-refractivity contribution in [3.8, 4) is 29.3 Å². The minimum atomic E-state index is 0.268. The molecule has 5 rings (SSSR count). The number of piperidine rings is 1. The fourth-order valence-corrected chi connectivity index (χ4v) is 4.50. The van der Waals surface area contributed by atoms with Crippen LogP contribution in [0, 0.1) is 18.3 Å². The number of fused-ring (bicyclic) bond motifs is 1. The molecule has 2 aliphatic rings. The Hall–Kier alpha value is -2.93. The number of hydrogen-bond donors (Lipinski definition) is 1. The molecule has 1 N–H and O–H groups in total. The summed E-state index contributed by atoms with van der Waals surface area (Å²) in [5.41, 5.74) is 2.43. The largest absolute Gasteiger partial charge is 0.436 e. The Bertz CT molecular complexity index is 1230. The summed E-state index contributed by atoms with van der Waals surface area (Å²) in [6.45, 7) is 4.64. The van der Waals surface area contributed by atoms with E-state index in [-0.39, 0.29) is 6.04 Å². The highest BCUT2D eigenvalue weighted by molar-refractivity contribution is 9.10. The number of pyridine rings is 1. The van der Waals surface area contributed by atoms with Gasteiger partial charge in [-0.05, 0) is 59.5 Å². The van der Waals surface area contributed by atoms with Crippen LogP contribution in [0.4, 0.5) is 5.95 Å². The second kappa shape index (κ2) is 9.14. The summed E-state index contributed by atoms with van der Waals surface area (Å²) in [4.78, 5) is 15.5. The molecule has 3 aromatic rings. The van der Waals surface area contributed by atoms with Gasteiger partial charge in [-0.2, -0.15) is 10.2 Å². The number of anilines is 1. The van der Waals surface area contributed by atoms with Crippen LogP contribution < -0.4 is 14.8 Å². The van der Waals surface area contributed by atoms with Crippen molar-refractivity contribution in [2.75, 3.05) is 18.4 Å². The lowest BCUT2D eigenvalue weighted by Crippen LogP contribution is -2.38. The number of nitrogens with zero attached hydrogens (tertiary/aromatic N) is 5. The first-order valence-corrected chi connectivity index (χ1v) is 11.7. The number of ether oxygens (including phenoxy) is 2. The summed E-state index contributed by atoms with van der Waals surface area (Å²) in [5, 5.41) is 12.9. The predicted octanol–water partition coefficient (Wildman–Crippen LogP) is 5.44. The van der Waals surface area contributed by atoms with Gasteiger partial charge in [-0.15, -0.1) is 0 Å². The van der Waals surface area contributed by atoms with Gasteiger partial charge in [0, 0.05) is 37.4 Å². The van der Waals surface area contributed by atoms with Gasteiger partial charge in [0.25, 0.3) is 5.88 Å². The van der Waals surface area contributed by atoms with Gasteiger partial charge in [0.05, 0.1) is 27.3 Å². The molecule has 2 aliphatic heterocycles. The summed E-state index contributed by atoms with van der Waals surface area (Å²) in [7, 11) is 0. The third kappa shape index (κ3) is 4.88. The van der Waals surface area contributed by atoms with Crippen LogP contribution in [-0.2, 0) is 6.54 Å². The van der Waals surface area contributed by atoms with Crippen molar-refractivity contribution in [1.82, 2.24) is 19.9 Å². The number of nitrogens with one attached hydrogen (secondary N) is 1. The van der Waals surface area contributed by atoms with Crippen molar-refractivity contribution in [1.29, 1.82) is 5.26 Å². The maximum absolute atomic E-state index is 9.11. The quantitative estimate of drug-likeness (QED) is 0.331. The van der Waals surface area contributed by atoms with Crippen LogP contribution in [0.5, 0.6) is 23.3 Å². The minimum Gasteiger partial charge on any atom is -0.436 e. The first-order valence-electron chi connectivity index (χ1n) is 10.6. The van der Waals surface area contributed by atoms with E-state index in [0.29, 0.717) is 32.6 Å². The van der Waals surface area contributed by atoms with E-state index in [4.69, 9.17) is 26.3 Å². The van der Waals surface area contributed by atoms with Crippen molar-refractivity contribution >= 4 is 33.5 Å². The lowest BCUT2D eigenvalue weighted by molar-refractivity contribution is 0.210.